The van der Waals surface area contributed by atoms with Crippen molar-refractivity contribution in [1.82, 2.24) is 10.2 Å². The molecule has 1 unspecified atom stereocenters. The van der Waals surface area contributed by atoms with Crippen molar-refractivity contribution in [2.75, 3.05) is 31.1 Å². The Morgan fingerprint density at radius 2 is 1.90 bits per heavy atom. The Morgan fingerprint density at radius 3 is 2.57 bits per heavy atom. The van der Waals surface area contributed by atoms with Crippen LogP contribution in [0.4, 0.5) is 0 Å². The molecule has 1 aliphatic rings. The highest BCUT2D eigenvalue weighted by atomic mass is 32.2. The van der Waals surface area contributed by atoms with Gasteiger partial charge in [0.15, 0.2) is 0 Å². The summed E-state index contributed by atoms with van der Waals surface area (Å²) in [6.45, 7) is 12.6. The van der Waals surface area contributed by atoms with E-state index >= 15 is 0 Å². The van der Waals surface area contributed by atoms with E-state index in [1.54, 1.807) is 0 Å². The number of hydrogen-bond acceptors (Lipinski definition) is 3. The van der Waals surface area contributed by atoms with Gasteiger partial charge in [-0.15, -0.1) is 0 Å². The molecule has 2 rings (SSSR count). The number of thioether (sulfide) groups is 1. The van der Waals surface area contributed by atoms with Crippen LogP contribution < -0.4 is 5.32 Å². The quantitative estimate of drug-likeness (QED) is 0.806. The molecular formula is C18H30N2S. The maximum atomic E-state index is 3.79. The van der Waals surface area contributed by atoms with Crippen LogP contribution >= 0.6 is 11.8 Å². The summed E-state index contributed by atoms with van der Waals surface area (Å²) in [5.74, 6) is 2.51. The van der Waals surface area contributed by atoms with Gasteiger partial charge in [-0.05, 0) is 50.8 Å². The molecule has 0 spiro atoms. The van der Waals surface area contributed by atoms with Crippen molar-refractivity contribution < 1.29 is 0 Å². The zero-order valence-electron chi connectivity index (χ0n) is 14.0. The van der Waals surface area contributed by atoms with Gasteiger partial charge in [0.1, 0.15) is 0 Å². The molecule has 0 aromatic heterocycles. The average Bonchev–Trinajstić information content (AvgIpc) is 2.48. The van der Waals surface area contributed by atoms with E-state index < -0.39 is 0 Å². The normalized spacial score (nSPS) is 25.9. The van der Waals surface area contributed by atoms with Crippen LogP contribution in [0.15, 0.2) is 30.3 Å². The van der Waals surface area contributed by atoms with Crippen LogP contribution in [-0.2, 0) is 5.54 Å². The minimum absolute atomic E-state index is 0.0642. The molecule has 0 amide bonds. The Balaban J connectivity index is 2.04. The van der Waals surface area contributed by atoms with Gasteiger partial charge in [0.25, 0.3) is 0 Å². The molecular weight excluding hydrogens is 276 g/mol. The molecule has 0 bridgehead atoms. The largest absolute Gasteiger partial charge is 0.305 e. The van der Waals surface area contributed by atoms with Crippen molar-refractivity contribution in [3.05, 3.63) is 35.9 Å². The number of hydrogen-bond donors (Lipinski definition) is 1. The van der Waals surface area contributed by atoms with Crippen molar-refractivity contribution in [3.63, 3.8) is 0 Å². The van der Waals surface area contributed by atoms with Crippen LogP contribution in [0.3, 0.4) is 0 Å². The molecule has 1 aliphatic heterocycles. The standard InChI is InChI=1S/C18H30N2S/c1-5-21-13-9-12-20-15-18(4,19-14-17(20,2)3)16-10-7-6-8-11-16/h6-8,10-11,19H,5,9,12-15H2,1-4H3. The first-order chi connectivity index (χ1) is 9.98. The summed E-state index contributed by atoms with van der Waals surface area (Å²) in [5, 5.41) is 3.79. The predicted octanol–water partition coefficient (Wildman–Crippen LogP) is 3.73. The fraction of sp³-hybridized carbons (Fsp3) is 0.667. The molecule has 21 heavy (non-hydrogen) atoms. The van der Waals surface area contributed by atoms with Crippen LogP contribution in [-0.4, -0.2) is 41.6 Å². The summed E-state index contributed by atoms with van der Waals surface area (Å²) in [4.78, 5) is 2.67. The summed E-state index contributed by atoms with van der Waals surface area (Å²) >= 11 is 2.05. The maximum absolute atomic E-state index is 3.79. The van der Waals surface area contributed by atoms with Crippen molar-refractivity contribution in [1.29, 1.82) is 0 Å². The molecule has 1 aromatic carbocycles. The van der Waals surface area contributed by atoms with E-state index in [-0.39, 0.29) is 11.1 Å². The van der Waals surface area contributed by atoms with Gasteiger partial charge in [-0.25, -0.2) is 0 Å². The minimum Gasteiger partial charge on any atom is -0.305 e. The zero-order valence-corrected chi connectivity index (χ0v) is 14.8. The number of nitrogens with one attached hydrogen (secondary N) is 1. The monoisotopic (exact) mass is 306 g/mol. The predicted molar refractivity (Wildman–Crippen MR) is 95.1 cm³/mol. The molecule has 0 radical (unpaired) electrons. The van der Waals surface area contributed by atoms with Crippen LogP contribution in [0.1, 0.15) is 39.7 Å². The smallest absolute Gasteiger partial charge is 0.0535 e. The number of benzene rings is 1. The Hall–Kier alpha value is -0.510. The molecule has 1 N–H and O–H groups in total. The lowest BCUT2D eigenvalue weighted by Crippen LogP contribution is -2.65. The lowest BCUT2D eigenvalue weighted by Gasteiger charge is -2.51. The summed E-state index contributed by atoms with van der Waals surface area (Å²) < 4.78 is 0. The highest BCUT2D eigenvalue weighted by Gasteiger charge is 2.40. The van der Waals surface area contributed by atoms with Gasteiger partial charge in [-0.2, -0.15) is 11.8 Å². The molecule has 1 fully saturated rings. The van der Waals surface area contributed by atoms with Gasteiger partial charge < -0.3 is 5.32 Å². The summed E-state index contributed by atoms with van der Waals surface area (Å²) in [5.41, 5.74) is 1.70. The number of nitrogens with zero attached hydrogens (tertiary/aromatic N) is 1. The fourth-order valence-corrected chi connectivity index (χ4v) is 3.68. The third kappa shape index (κ3) is 4.24. The zero-order chi connectivity index (χ0) is 15.3. The topological polar surface area (TPSA) is 15.3 Å². The van der Waals surface area contributed by atoms with Gasteiger partial charge in [0, 0.05) is 18.6 Å². The van der Waals surface area contributed by atoms with Gasteiger partial charge in [0.2, 0.25) is 0 Å². The van der Waals surface area contributed by atoms with Gasteiger partial charge in [-0.3, -0.25) is 4.90 Å². The molecule has 3 heteroatoms. The molecule has 2 nitrogen and oxygen atoms in total. The lowest BCUT2D eigenvalue weighted by molar-refractivity contribution is 0.0318. The van der Waals surface area contributed by atoms with E-state index in [0.717, 1.165) is 13.1 Å². The first-order valence-electron chi connectivity index (χ1n) is 8.11. The molecule has 0 saturated carbocycles. The number of rotatable bonds is 6. The van der Waals surface area contributed by atoms with E-state index in [0.29, 0.717) is 0 Å². The minimum atomic E-state index is 0.0642. The second-order valence-electron chi connectivity index (χ2n) is 6.84. The molecule has 118 valence electrons. The first kappa shape index (κ1) is 16.9. The maximum Gasteiger partial charge on any atom is 0.0535 e. The summed E-state index contributed by atoms with van der Waals surface area (Å²) in [6, 6.07) is 10.9. The van der Waals surface area contributed by atoms with Gasteiger partial charge in [0.05, 0.1) is 5.54 Å². The molecule has 1 saturated heterocycles. The van der Waals surface area contributed by atoms with E-state index in [9.17, 15) is 0 Å². The molecule has 1 heterocycles. The van der Waals surface area contributed by atoms with Crippen molar-refractivity contribution >= 4 is 11.8 Å². The van der Waals surface area contributed by atoms with Crippen LogP contribution in [0, 0.1) is 0 Å². The van der Waals surface area contributed by atoms with Crippen molar-refractivity contribution in [2.45, 2.75) is 45.2 Å². The Labute approximate surface area is 134 Å². The third-order valence-electron chi connectivity index (χ3n) is 4.61. The Morgan fingerprint density at radius 1 is 1.19 bits per heavy atom. The fourth-order valence-electron chi connectivity index (χ4n) is 3.06. The van der Waals surface area contributed by atoms with E-state index in [1.807, 2.05) is 0 Å². The Bertz CT molecular complexity index is 432. The summed E-state index contributed by atoms with van der Waals surface area (Å²) in [6.07, 6.45) is 1.28. The summed E-state index contributed by atoms with van der Waals surface area (Å²) in [7, 11) is 0. The molecule has 1 aromatic rings. The van der Waals surface area contributed by atoms with Crippen LogP contribution in [0.2, 0.25) is 0 Å². The van der Waals surface area contributed by atoms with E-state index in [4.69, 9.17) is 0 Å². The highest BCUT2D eigenvalue weighted by molar-refractivity contribution is 7.99. The third-order valence-corrected chi connectivity index (χ3v) is 5.59. The highest BCUT2D eigenvalue weighted by Crippen LogP contribution is 2.30. The first-order valence-corrected chi connectivity index (χ1v) is 9.27. The Kier molecular flexibility index (Phi) is 5.75. The molecule has 0 aliphatic carbocycles. The lowest BCUT2D eigenvalue weighted by atomic mass is 9.85. The van der Waals surface area contributed by atoms with E-state index in [1.165, 1.54) is 30.0 Å². The van der Waals surface area contributed by atoms with Crippen molar-refractivity contribution in [2.24, 2.45) is 0 Å². The van der Waals surface area contributed by atoms with Crippen molar-refractivity contribution in [3.8, 4) is 0 Å². The van der Waals surface area contributed by atoms with E-state index in [2.05, 4.69) is 80.0 Å². The number of piperazine rings is 1. The second kappa shape index (κ2) is 7.17. The second-order valence-corrected chi connectivity index (χ2v) is 8.23. The molecule has 1 atom stereocenters. The van der Waals surface area contributed by atoms with Crippen LogP contribution in [0.5, 0.6) is 0 Å². The van der Waals surface area contributed by atoms with Crippen LogP contribution in [0.25, 0.3) is 0 Å². The average molecular weight is 307 g/mol. The van der Waals surface area contributed by atoms with Gasteiger partial charge in [-0.1, -0.05) is 37.3 Å². The SMILES string of the molecule is CCSCCCN1CC(C)(c2ccccc2)NCC1(C)C. The van der Waals surface area contributed by atoms with Gasteiger partial charge >= 0.3 is 0 Å².